The van der Waals surface area contributed by atoms with Gasteiger partial charge in [0, 0.05) is 0 Å². The van der Waals surface area contributed by atoms with Gasteiger partial charge in [0.05, 0.1) is 0 Å². The second-order valence-corrected chi connectivity index (χ2v) is 0.289. The minimum atomic E-state index is -2.92. The molecule has 0 saturated heterocycles. The fourth-order valence-electron chi connectivity index (χ4n) is 0. The zero-order valence-corrected chi connectivity index (χ0v) is 11.9. The van der Waals surface area contributed by atoms with E-state index in [1.54, 1.807) is 0 Å². The van der Waals surface area contributed by atoms with E-state index in [9.17, 15) is 0 Å². The first-order chi connectivity index (χ1) is 1.73. The van der Waals surface area contributed by atoms with Crippen LogP contribution in [0.1, 0.15) is 0 Å². The summed E-state index contributed by atoms with van der Waals surface area (Å²) < 4.78 is 0. The molecule has 0 spiro atoms. The maximum atomic E-state index is 8.42. The average molecular weight is 144 g/mol. The van der Waals surface area contributed by atoms with Gasteiger partial charge in [-0.2, -0.15) is 0 Å². The van der Waals surface area contributed by atoms with Crippen molar-refractivity contribution in [2.45, 2.75) is 0 Å². The zero-order chi connectivity index (χ0) is 3.58. The van der Waals surface area contributed by atoms with Crippen molar-refractivity contribution in [3.8, 4) is 0 Å². The summed E-state index contributed by atoms with van der Waals surface area (Å²) in [6.07, 6.45) is 0. The molecule has 0 fully saturated rings. The van der Waals surface area contributed by atoms with Crippen molar-refractivity contribution < 1.29 is 126 Å². The molecule has 0 amide bonds. The van der Waals surface area contributed by atoms with Crippen LogP contribution in [-0.4, -0.2) is 7.32 Å². The Morgan fingerprint density at radius 3 is 0.857 bits per heavy atom. The van der Waals surface area contributed by atoms with E-state index in [-0.39, 0.29) is 110 Å². The molecule has 0 rings (SSSR count). The van der Waals surface area contributed by atoms with Crippen LogP contribution < -0.4 is 126 Å². The van der Waals surface area contributed by atoms with Gasteiger partial charge in [-0.1, -0.05) is 0 Å². The maximum Gasteiger partial charge on any atom is 1.00 e. The quantitative estimate of drug-likeness (QED) is 0.317. The van der Waals surface area contributed by atoms with Gasteiger partial charge in [-0.3, -0.25) is 7.32 Å². The molecular weight excluding hydrogens is 144 g/mol. The molecular formula is BKNa2O3. The monoisotopic (exact) mass is 144 g/mol. The van der Waals surface area contributed by atoms with Crippen molar-refractivity contribution in [2.24, 2.45) is 0 Å². The van der Waals surface area contributed by atoms with Gasteiger partial charge in [0.1, 0.15) is 0 Å². The van der Waals surface area contributed by atoms with Gasteiger partial charge in [-0.15, -0.1) is 0 Å². The summed E-state index contributed by atoms with van der Waals surface area (Å²) in [6.45, 7) is 0. The van der Waals surface area contributed by atoms with E-state index in [0.29, 0.717) is 0 Å². The van der Waals surface area contributed by atoms with Crippen LogP contribution >= 0.6 is 0 Å². The fraction of sp³-hybridized carbons (Fsp3) is 0. The average Bonchev–Trinajstić information content (AvgIpc) is 0.811. The van der Waals surface area contributed by atoms with E-state index in [0.717, 1.165) is 0 Å². The molecule has 0 aliphatic carbocycles. The topological polar surface area (TPSA) is 69.2 Å². The Kier molecular flexibility index (Phi) is 52.2. The first kappa shape index (κ1) is 22.4. The maximum absolute atomic E-state index is 8.42. The summed E-state index contributed by atoms with van der Waals surface area (Å²) in [5.41, 5.74) is 0. The van der Waals surface area contributed by atoms with Gasteiger partial charge < -0.3 is 15.1 Å². The van der Waals surface area contributed by atoms with Gasteiger partial charge in [-0.05, 0) is 0 Å². The first-order valence-corrected chi connectivity index (χ1v) is 0.707. The van der Waals surface area contributed by atoms with Crippen molar-refractivity contribution in [2.75, 3.05) is 0 Å². The molecule has 0 aliphatic heterocycles. The molecule has 0 aromatic carbocycles. The summed E-state index contributed by atoms with van der Waals surface area (Å²) >= 11 is 0. The minimum absolute atomic E-state index is 0. The number of hydrogen-bond acceptors (Lipinski definition) is 3. The van der Waals surface area contributed by atoms with Crippen LogP contribution in [0.4, 0.5) is 0 Å². The molecule has 0 atom stereocenters. The molecule has 0 saturated carbocycles. The third-order valence-corrected chi connectivity index (χ3v) is 0. The minimum Gasteiger partial charge on any atom is -0.907 e. The molecule has 24 valence electrons. The zero-order valence-electron chi connectivity index (χ0n) is 4.80. The molecule has 0 aromatic rings. The summed E-state index contributed by atoms with van der Waals surface area (Å²) in [7, 11) is -2.92. The van der Waals surface area contributed by atoms with Crippen molar-refractivity contribution in [1.29, 1.82) is 0 Å². The Hall–Kier alpha value is 3.58. The van der Waals surface area contributed by atoms with Crippen molar-refractivity contribution in [3.05, 3.63) is 0 Å². The molecule has 0 bridgehead atoms. The predicted octanol–water partition coefficient (Wildman–Crippen LogP) is -12.9. The predicted molar refractivity (Wildman–Crippen MR) is 5.75 cm³/mol. The molecule has 7 heavy (non-hydrogen) atoms. The second-order valence-electron chi connectivity index (χ2n) is 0.289. The van der Waals surface area contributed by atoms with Crippen LogP contribution in [0.3, 0.4) is 0 Å². The van der Waals surface area contributed by atoms with Crippen LogP contribution in [0.25, 0.3) is 0 Å². The van der Waals surface area contributed by atoms with Gasteiger partial charge in [-0.25, -0.2) is 0 Å². The Bertz CT molecular complexity index is 17.7. The largest absolute Gasteiger partial charge is 1.00 e. The van der Waals surface area contributed by atoms with E-state index in [1.807, 2.05) is 0 Å². The molecule has 0 N–H and O–H groups in total. The summed E-state index contributed by atoms with van der Waals surface area (Å²) in [6, 6.07) is 0. The van der Waals surface area contributed by atoms with Gasteiger partial charge in [0.25, 0.3) is 0 Å². The molecule has 0 aromatic heterocycles. The SMILES string of the molecule is [K+].[Na+].[Na+].[O-]B([O-])[O-]. The fourth-order valence-corrected chi connectivity index (χ4v) is 0. The van der Waals surface area contributed by atoms with E-state index in [2.05, 4.69) is 0 Å². The standard InChI is InChI=1S/BO3.K.2Na/c2-1(3)4;;;/q-3;3*+1. The Balaban J connectivity index is -0.0000000150. The number of hydrogen-bond donors (Lipinski definition) is 0. The Morgan fingerprint density at radius 1 is 0.857 bits per heavy atom. The third-order valence-electron chi connectivity index (χ3n) is 0. The van der Waals surface area contributed by atoms with Crippen LogP contribution in [0.2, 0.25) is 0 Å². The first-order valence-electron chi connectivity index (χ1n) is 0.707. The van der Waals surface area contributed by atoms with Gasteiger partial charge >= 0.3 is 110 Å². The summed E-state index contributed by atoms with van der Waals surface area (Å²) in [5.74, 6) is 0. The normalized spacial score (nSPS) is 3.86. The molecule has 0 aliphatic rings. The van der Waals surface area contributed by atoms with Crippen molar-refractivity contribution in [3.63, 3.8) is 0 Å². The molecule has 0 heterocycles. The van der Waals surface area contributed by atoms with E-state index >= 15 is 0 Å². The summed E-state index contributed by atoms with van der Waals surface area (Å²) in [5, 5.41) is 25.2. The smallest absolute Gasteiger partial charge is 0.907 e. The molecule has 3 nitrogen and oxygen atoms in total. The van der Waals surface area contributed by atoms with Gasteiger partial charge in [0.15, 0.2) is 0 Å². The van der Waals surface area contributed by atoms with Crippen LogP contribution in [0.5, 0.6) is 0 Å². The van der Waals surface area contributed by atoms with Crippen molar-refractivity contribution >= 4 is 7.32 Å². The van der Waals surface area contributed by atoms with E-state index in [4.69, 9.17) is 15.1 Å². The van der Waals surface area contributed by atoms with E-state index in [1.165, 1.54) is 0 Å². The van der Waals surface area contributed by atoms with Gasteiger partial charge in [0.2, 0.25) is 0 Å². The molecule has 7 heteroatoms. The third kappa shape index (κ3) is 42.9. The van der Waals surface area contributed by atoms with E-state index < -0.39 is 7.32 Å². The number of rotatable bonds is 0. The van der Waals surface area contributed by atoms with Crippen LogP contribution in [0, 0.1) is 0 Å². The molecule has 0 radical (unpaired) electrons. The Labute approximate surface area is 129 Å². The van der Waals surface area contributed by atoms with Crippen LogP contribution in [0.15, 0.2) is 0 Å². The van der Waals surface area contributed by atoms with Crippen molar-refractivity contribution in [1.82, 2.24) is 0 Å². The second kappa shape index (κ2) is 16.3. The Morgan fingerprint density at radius 2 is 0.857 bits per heavy atom. The van der Waals surface area contributed by atoms with Crippen LogP contribution in [-0.2, 0) is 0 Å². The molecule has 0 unspecified atom stereocenters. The summed E-state index contributed by atoms with van der Waals surface area (Å²) in [4.78, 5) is 0.